The Kier molecular flexibility index (Phi) is 5.10. The van der Waals surface area contributed by atoms with E-state index in [2.05, 4.69) is 16.4 Å². The smallest absolute Gasteiger partial charge is 0.260 e. The molecule has 1 atom stereocenters. The van der Waals surface area contributed by atoms with Gasteiger partial charge in [0.25, 0.3) is 11.8 Å². The van der Waals surface area contributed by atoms with E-state index in [9.17, 15) is 14.4 Å². The van der Waals surface area contributed by atoms with E-state index in [0.717, 1.165) is 22.0 Å². The number of aromatic amines is 1. The van der Waals surface area contributed by atoms with Crippen molar-refractivity contribution in [2.45, 2.75) is 19.0 Å². The lowest BCUT2D eigenvalue weighted by atomic mass is 10.0. The molecule has 2 N–H and O–H groups in total. The monoisotopic (exact) mass is 464 g/mol. The molecule has 0 saturated carbocycles. The normalized spacial score (nSPS) is 16.3. The Bertz CT molecular complexity index is 1470. The number of rotatable bonds is 6. The summed E-state index contributed by atoms with van der Waals surface area (Å²) in [5, 5.41) is 4.13. The Morgan fingerprint density at radius 2 is 1.63 bits per heavy atom. The SMILES string of the molecule is O=C(CCN1C(=O)c2ccccc2N2C(=O)c3ccccc3[C@@H]12)NCCc1c[nH]c2ccccc12. The van der Waals surface area contributed by atoms with Crippen molar-refractivity contribution < 1.29 is 14.4 Å². The van der Waals surface area contributed by atoms with E-state index in [1.165, 1.54) is 0 Å². The number of nitrogens with one attached hydrogen (secondary N) is 2. The van der Waals surface area contributed by atoms with Crippen molar-refractivity contribution in [3.63, 3.8) is 0 Å². The van der Waals surface area contributed by atoms with Crippen LogP contribution < -0.4 is 10.2 Å². The first kappa shape index (κ1) is 21.2. The maximum Gasteiger partial charge on any atom is 0.260 e. The molecule has 3 aromatic carbocycles. The van der Waals surface area contributed by atoms with Gasteiger partial charge in [-0.2, -0.15) is 0 Å². The molecule has 0 fully saturated rings. The van der Waals surface area contributed by atoms with E-state index in [1.54, 1.807) is 34.1 Å². The van der Waals surface area contributed by atoms with Crippen LogP contribution in [0.4, 0.5) is 5.69 Å². The number of H-pyrrole nitrogens is 1. The van der Waals surface area contributed by atoms with Gasteiger partial charge in [-0.3, -0.25) is 19.3 Å². The van der Waals surface area contributed by atoms with E-state index in [0.29, 0.717) is 29.8 Å². The summed E-state index contributed by atoms with van der Waals surface area (Å²) in [6, 6.07) is 22.6. The average Bonchev–Trinajstić information content (AvgIpc) is 3.43. The summed E-state index contributed by atoms with van der Waals surface area (Å²) in [5.41, 5.74) is 4.71. The molecular weight excluding hydrogens is 440 g/mol. The second-order valence-electron chi connectivity index (χ2n) is 8.86. The minimum Gasteiger partial charge on any atom is -0.361 e. The highest BCUT2D eigenvalue weighted by Crippen LogP contribution is 2.45. The molecule has 3 amide bonds. The summed E-state index contributed by atoms with van der Waals surface area (Å²) in [4.78, 5) is 45.9. The maximum absolute atomic E-state index is 13.4. The summed E-state index contributed by atoms with van der Waals surface area (Å²) in [6.07, 6.45) is 2.30. The molecule has 174 valence electrons. The zero-order valence-electron chi connectivity index (χ0n) is 19.0. The van der Waals surface area contributed by atoms with Crippen LogP contribution in [0.15, 0.2) is 79.0 Å². The van der Waals surface area contributed by atoms with Crippen LogP contribution in [0.5, 0.6) is 0 Å². The zero-order valence-corrected chi connectivity index (χ0v) is 19.0. The third kappa shape index (κ3) is 3.47. The fourth-order valence-electron chi connectivity index (χ4n) is 5.18. The lowest BCUT2D eigenvalue weighted by Gasteiger charge is -2.40. The molecule has 4 aromatic rings. The first-order valence-corrected chi connectivity index (χ1v) is 11.8. The molecule has 0 bridgehead atoms. The summed E-state index contributed by atoms with van der Waals surface area (Å²) >= 11 is 0. The molecule has 0 spiro atoms. The van der Waals surface area contributed by atoms with E-state index in [4.69, 9.17) is 0 Å². The summed E-state index contributed by atoms with van der Waals surface area (Å²) < 4.78 is 0. The van der Waals surface area contributed by atoms with E-state index in [-0.39, 0.29) is 30.7 Å². The lowest BCUT2D eigenvalue weighted by molar-refractivity contribution is -0.121. The first-order chi connectivity index (χ1) is 17.1. The van der Waals surface area contributed by atoms with Gasteiger partial charge >= 0.3 is 0 Å². The highest BCUT2D eigenvalue weighted by atomic mass is 16.2. The zero-order chi connectivity index (χ0) is 23.9. The predicted molar refractivity (Wildman–Crippen MR) is 133 cm³/mol. The van der Waals surface area contributed by atoms with Crippen molar-refractivity contribution >= 4 is 34.3 Å². The van der Waals surface area contributed by atoms with Gasteiger partial charge in [0.2, 0.25) is 5.91 Å². The second-order valence-corrected chi connectivity index (χ2v) is 8.86. The van der Waals surface area contributed by atoms with Gasteiger partial charge in [-0.25, -0.2) is 0 Å². The van der Waals surface area contributed by atoms with Crippen LogP contribution in [0.25, 0.3) is 10.9 Å². The van der Waals surface area contributed by atoms with Crippen molar-refractivity contribution in [3.8, 4) is 0 Å². The number of hydrogen-bond donors (Lipinski definition) is 2. The number of carbonyl (C=O) groups is 3. The number of fused-ring (bicyclic) bond motifs is 6. The number of carbonyl (C=O) groups excluding carboxylic acids is 3. The summed E-state index contributed by atoms with van der Waals surface area (Å²) in [7, 11) is 0. The quantitative estimate of drug-likeness (QED) is 0.452. The standard InChI is InChI=1S/C28H24N4O3/c33-25(29-15-13-18-17-30-23-11-5-3-7-19(18)23)14-16-31-26-20-8-1-2-9-21(20)28(35)32(26)24-12-6-4-10-22(24)27(31)34/h1-12,17,26,30H,13-16H2,(H,29,33)/t26-/m0/s1. The molecule has 2 aliphatic heterocycles. The molecule has 7 heteroatoms. The second kappa shape index (κ2) is 8.43. The molecule has 0 aliphatic carbocycles. The van der Waals surface area contributed by atoms with Gasteiger partial charge in [0.05, 0.1) is 11.3 Å². The van der Waals surface area contributed by atoms with Crippen LogP contribution in [0.3, 0.4) is 0 Å². The van der Waals surface area contributed by atoms with Crippen molar-refractivity contribution in [2.24, 2.45) is 0 Å². The van der Waals surface area contributed by atoms with Gasteiger partial charge in [-0.05, 0) is 36.2 Å². The maximum atomic E-state index is 13.4. The van der Waals surface area contributed by atoms with Crippen LogP contribution in [-0.2, 0) is 11.2 Å². The van der Waals surface area contributed by atoms with Gasteiger partial charge in [0.15, 0.2) is 0 Å². The van der Waals surface area contributed by atoms with Crippen LogP contribution in [0, 0.1) is 0 Å². The highest BCUT2D eigenvalue weighted by molar-refractivity contribution is 6.16. The lowest BCUT2D eigenvalue weighted by Crippen LogP contribution is -2.49. The number of hydrogen-bond acceptors (Lipinski definition) is 3. The van der Waals surface area contributed by atoms with Gasteiger partial charge in [-0.1, -0.05) is 48.5 Å². The number of amides is 3. The van der Waals surface area contributed by atoms with Gasteiger partial charge in [-0.15, -0.1) is 0 Å². The Morgan fingerprint density at radius 3 is 2.51 bits per heavy atom. The third-order valence-electron chi connectivity index (χ3n) is 6.85. The Labute approximate surface area is 202 Å². The number of para-hydroxylation sites is 2. The van der Waals surface area contributed by atoms with Crippen LogP contribution in [0.2, 0.25) is 0 Å². The predicted octanol–water partition coefficient (Wildman–Crippen LogP) is 4.03. The van der Waals surface area contributed by atoms with Gasteiger partial charge in [0, 0.05) is 47.7 Å². The fourth-order valence-corrected chi connectivity index (χ4v) is 5.18. The van der Waals surface area contributed by atoms with Crippen molar-refractivity contribution in [2.75, 3.05) is 18.0 Å². The summed E-state index contributed by atoms with van der Waals surface area (Å²) in [6.45, 7) is 0.725. The Balaban J connectivity index is 1.17. The van der Waals surface area contributed by atoms with Gasteiger partial charge in [0.1, 0.15) is 6.17 Å². The molecule has 35 heavy (non-hydrogen) atoms. The van der Waals surface area contributed by atoms with Crippen molar-refractivity contribution in [1.82, 2.24) is 15.2 Å². The minimum absolute atomic E-state index is 0.124. The van der Waals surface area contributed by atoms with Crippen LogP contribution in [0.1, 0.15) is 44.4 Å². The van der Waals surface area contributed by atoms with Crippen molar-refractivity contribution in [1.29, 1.82) is 0 Å². The van der Waals surface area contributed by atoms with E-state index < -0.39 is 6.17 Å². The number of benzene rings is 3. The molecular formula is C28H24N4O3. The number of anilines is 1. The fraction of sp³-hybridized carbons (Fsp3) is 0.179. The van der Waals surface area contributed by atoms with Gasteiger partial charge < -0.3 is 15.2 Å². The largest absolute Gasteiger partial charge is 0.361 e. The third-order valence-corrected chi connectivity index (χ3v) is 6.85. The molecule has 0 saturated heterocycles. The average molecular weight is 465 g/mol. The molecule has 6 rings (SSSR count). The van der Waals surface area contributed by atoms with E-state index in [1.807, 2.05) is 48.7 Å². The molecule has 3 heterocycles. The van der Waals surface area contributed by atoms with Crippen molar-refractivity contribution in [3.05, 3.63) is 101 Å². The van der Waals surface area contributed by atoms with E-state index >= 15 is 0 Å². The number of aromatic nitrogens is 1. The molecule has 0 radical (unpaired) electrons. The molecule has 1 aromatic heterocycles. The number of nitrogens with zero attached hydrogens (tertiary/aromatic N) is 2. The molecule has 0 unspecified atom stereocenters. The highest BCUT2D eigenvalue weighted by Gasteiger charge is 2.47. The first-order valence-electron chi connectivity index (χ1n) is 11.8. The minimum atomic E-state index is -0.542. The topological polar surface area (TPSA) is 85.5 Å². The summed E-state index contributed by atoms with van der Waals surface area (Å²) in [5.74, 6) is -0.419. The molecule has 7 nitrogen and oxygen atoms in total. The molecule has 2 aliphatic rings. The Morgan fingerprint density at radius 1 is 0.886 bits per heavy atom. The van der Waals surface area contributed by atoms with Crippen LogP contribution in [-0.4, -0.2) is 40.7 Å². The Hall–Kier alpha value is -4.39. The van der Waals surface area contributed by atoms with Crippen LogP contribution >= 0.6 is 0 Å².